The third-order valence-electron chi connectivity index (χ3n) is 4.61. The van der Waals surface area contributed by atoms with E-state index in [0.29, 0.717) is 0 Å². The molecule has 0 aromatic carbocycles. The van der Waals surface area contributed by atoms with Crippen molar-refractivity contribution in [2.24, 2.45) is 0 Å². The molecular weight excluding hydrogens is 339 g/mol. The fraction of sp³-hybridized carbons (Fsp3) is 1.00. The minimum atomic E-state index is -0.156. The molecule has 0 aliphatic rings. The van der Waals surface area contributed by atoms with Crippen molar-refractivity contribution in [2.75, 3.05) is 26.2 Å². The molecule has 0 saturated heterocycles. The number of unbranched alkanes of at least 4 members (excludes halogenated alkanes) is 3. The molecule has 0 rings (SSSR count). The molecule has 0 atom stereocenters. The smallest absolute Gasteiger partial charge is 0.0805 e. The van der Waals surface area contributed by atoms with E-state index >= 15 is 0 Å². The lowest BCUT2D eigenvalue weighted by molar-refractivity contribution is -0.929. The van der Waals surface area contributed by atoms with E-state index in [1.807, 2.05) is 0 Å². The van der Waals surface area contributed by atoms with Crippen LogP contribution in [0.3, 0.4) is 0 Å². The van der Waals surface area contributed by atoms with Crippen LogP contribution in [0, 0.1) is 0 Å². The number of hydrogen-bond acceptors (Lipinski definition) is 1. The molecular formula is C17H37Cl3N2. The van der Waals surface area contributed by atoms with Crippen LogP contribution >= 0.6 is 23.6 Å². The highest BCUT2D eigenvalue weighted by Crippen LogP contribution is 2.26. The van der Waals surface area contributed by atoms with Crippen molar-refractivity contribution in [3.63, 3.8) is 0 Å². The van der Waals surface area contributed by atoms with Crippen LogP contribution in [0.15, 0.2) is 0 Å². The minimum absolute atomic E-state index is 0. The molecule has 0 aromatic heterocycles. The Kier molecular flexibility index (Phi) is 14.9. The van der Waals surface area contributed by atoms with Gasteiger partial charge in [-0.15, -0.1) is 3.94 Å². The molecule has 2 nitrogen and oxygen atoms in total. The Labute approximate surface area is 155 Å². The molecule has 0 unspecified atom stereocenters. The second-order valence-electron chi connectivity index (χ2n) is 7.09. The quantitative estimate of drug-likeness (QED) is 0.353. The molecule has 5 heteroatoms. The second kappa shape index (κ2) is 13.1. The highest BCUT2D eigenvalue weighted by atomic mass is 35.5. The maximum absolute atomic E-state index is 6.00. The fourth-order valence-electron chi connectivity index (χ4n) is 2.75. The molecule has 0 fully saturated rings. The monoisotopic (exact) mass is 374 g/mol. The molecule has 0 saturated carbocycles. The van der Waals surface area contributed by atoms with Gasteiger partial charge in [0.2, 0.25) is 0 Å². The number of rotatable bonds is 13. The van der Waals surface area contributed by atoms with Crippen LogP contribution in [-0.4, -0.2) is 40.1 Å². The zero-order valence-electron chi connectivity index (χ0n) is 15.3. The van der Waals surface area contributed by atoms with Gasteiger partial charge in [0.05, 0.1) is 31.7 Å². The van der Waals surface area contributed by atoms with E-state index in [-0.39, 0.29) is 17.9 Å². The largest absolute Gasteiger partial charge is 1.00 e. The Balaban J connectivity index is 0. The van der Waals surface area contributed by atoms with Gasteiger partial charge in [0, 0.05) is 6.42 Å². The summed E-state index contributed by atoms with van der Waals surface area (Å²) < 4.78 is 2.59. The van der Waals surface area contributed by atoms with E-state index < -0.39 is 0 Å². The Morgan fingerprint density at radius 3 is 1.41 bits per heavy atom. The Bertz CT molecular complexity index is 237. The maximum atomic E-state index is 6.00. The molecule has 0 heterocycles. The fourth-order valence-corrected chi connectivity index (χ4v) is 2.92. The predicted octanol–water partition coefficient (Wildman–Crippen LogP) is 2.99. The molecule has 136 valence electrons. The summed E-state index contributed by atoms with van der Waals surface area (Å²) in [6.07, 6.45) is 8.82. The molecule has 0 aromatic rings. The summed E-state index contributed by atoms with van der Waals surface area (Å²) in [5, 5.41) is 0. The first-order valence-corrected chi connectivity index (χ1v) is 9.48. The summed E-state index contributed by atoms with van der Waals surface area (Å²) in [4.78, 5) is 0. The van der Waals surface area contributed by atoms with Crippen molar-refractivity contribution < 1.29 is 16.9 Å². The lowest BCUT2D eigenvalue weighted by atomic mass is 10.00. The van der Waals surface area contributed by atoms with Crippen molar-refractivity contribution in [3.05, 3.63) is 0 Å². The van der Waals surface area contributed by atoms with Crippen LogP contribution in [0.25, 0.3) is 0 Å². The highest BCUT2D eigenvalue weighted by Gasteiger charge is 2.32. The van der Waals surface area contributed by atoms with Crippen molar-refractivity contribution in [3.8, 4) is 0 Å². The molecule has 0 N–H and O–H groups in total. The van der Waals surface area contributed by atoms with Crippen molar-refractivity contribution >= 4 is 23.6 Å². The zero-order valence-corrected chi connectivity index (χ0v) is 17.6. The first-order valence-electron chi connectivity index (χ1n) is 8.80. The molecule has 0 aliphatic heterocycles. The predicted molar refractivity (Wildman–Crippen MR) is 96.7 cm³/mol. The second-order valence-corrected chi connectivity index (χ2v) is 7.94. The van der Waals surface area contributed by atoms with Crippen molar-refractivity contribution in [1.82, 2.24) is 3.94 Å². The first kappa shape index (κ1) is 25.0. The van der Waals surface area contributed by atoms with E-state index in [2.05, 4.69) is 34.6 Å². The van der Waals surface area contributed by atoms with Crippen LogP contribution in [0.5, 0.6) is 0 Å². The lowest BCUT2D eigenvalue weighted by Gasteiger charge is -2.41. The molecule has 0 amide bonds. The number of hydrogen-bond donors (Lipinski definition) is 0. The van der Waals surface area contributed by atoms with Crippen LogP contribution in [0.1, 0.15) is 79.6 Å². The van der Waals surface area contributed by atoms with E-state index in [1.54, 1.807) is 0 Å². The van der Waals surface area contributed by atoms with Gasteiger partial charge in [0.15, 0.2) is 0 Å². The first-order chi connectivity index (χ1) is 9.83. The Hall–Kier alpha value is 0.790. The van der Waals surface area contributed by atoms with Gasteiger partial charge >= 0.3 is 0 Å². The van der Waals surface area contributed by atoms with E-state index in [4.69, 9.17) is 23.6 Å². The zero-order chi connectivity index (χ0) is 16.4. The van der Waals surface area contributed by atoms with E-state index in [9.17, 15) is 0 Å². The van der Waals surface area contributed by atoms with Gasteiger partial charge in [-0.1, -0.05) is 40.0 Å². The summed E-state index contributed by atoms with van der Waals surface area (Å²) in [5.41, 5.74) is -0.156. The summed E-state index contributed by atoms with van der Waals surface area (Å²) in [6.45, 7) is 16.2. The van der Waals surface area contributed by atoms with Gasteiger partial charge < -0.3 is 16.9 Å². The van der Waals surface area contributed by atoms with Gasteiger partial charge in [0.25, 0.3) is 0 Å². The average Bonchev–Trinajstić information content (AvgIpc) is 2.45. The van der Waals surface area contributed by atoms with Gasteiger partial charge in [-0.3, -0.25) is 0 Å². The SMILES string of the molecule is CCCC[N+](CCCC)(CCCC)CCC(C)(C)N(Cl)Cl.[Cl-]. The third kappa shape index (κ3) is 9.82. The third-order valence-corrected chi connectivity index (χ3v) is 5.53. The highest BCUT2D eigenvalue weighted by molar-refractivity contribution is 6.34. The number of quaternary nitrogens is 1. The molecule has 0 bridgehead atoms. The van der Waals surface area contributed by atoms with Gasteiger partial charge in [-0.25, -0.2) is 0 Å². The Morgan fingerprint density at radius 1 is 0.773 bits per heavy atom. The standard InChI is InChI=1S/C17H37Cl2N2.ClH/c1-6-9-13-21(14-10-7-2,15-11-8-3)16-12-17(4,5)20(18)19;/h6-16H2,1-5H3;1H/q+1;/p-1. The molecule has 0 spiro atoms. The summed E-state index contributed by atoms with van der Waals surface area (Å²) >= 11 is 12.0. The number of nitrogens with zero attached hydrogens (tertiary/aromatic N) is 2. The topological polar surface area (TPSA) is 3.24 Å². The van der Waals surface area contributed by atoms with Crippen molar-refractivity contribution in [1.29, 1.82) is 0 Å². The molecule has 22 heavy (non-hydrogen) atoms. The summed E-state index contributed by atoms with van der Waals surface area (Å²) in [5.74, 6) is 0. The normalized spacial score (nSPS) is 12.5. The lowest BCUT2D eigenvalue weighted by Crippen LogP contribution is -3.00. The summed E-state index contributed by atoms with van der Waals surface area (Å²) in [6, 6.07) is 0. The minimum Gasteiger partial charge on any atom is -1.00 e. The van der Waals surface area contributed by atoms with Gasteiger partial charge in [0.1, 0.15) is 0 Å². The van der Waals surface area contributed by atoms with Gasteiger partial charge in [-0.2, -0.15) is 0 Å². The molecule has 0 aliphatic carbocycles. The maximum Gasteiger partial charge on any atom is 0.0805 e. The average molecular weight is 376 g/mol. The summed E-state index contributed by atoms with van der Waals surface area (Å²) in [7, 11) is 0. The van der Waals surface area contributed by atoms with Crippen molar-refractivity contribution in [2.45, 2.75) is 85.1 Å². The molecule has 0 radical (unpaired) electrons. The number of halogens is 3. The van der Waals surface area contributed by atoms with Crippen LogP contribution in [-0.2, 0) is 0 Å². The Morgan fingerprint density at radius 2 is 1.14 bits per heavy atom. The van der Waals surface area contributed by atoms with Gasteiger partial charge in [-0.05, 0) is 56.7 Å². The van der Waals surface area contributed by atoms with E-state index in [0.717, 1.165) is 6.42 Å². The van der Waals surface area contributed by atoms with Crippen LogP contribution < -0.4 is 12.4 Å². The van der Waals surface area contributed by atoms with E-state index in [1.165, 1.54) is 73.1 Å². The van der Waals surface area contributed by atoms with Crippen LogP contribution in [0.4, 0.5) is 0 Å². The van der Waals surface area contributed by atoms with Crippen LogP contribution in [0.2, 0.25) is 0 Å².